The Morgan fingerprint density at radius 3 is 2.83 bits per heavy atom. The van der Waals surface area contributed by atoms with Crippen LogP contribution >= 0.6 is 0 Å². The van der Waals surface area contributed by atoms with Crippen molar-refractivity contribution in [2.24, 2.45) is 0 Å². The molecule has 0 spiro atoms. The minimum atomic E-state index is -0.671. The highest BCUT2D eigenvalue weighted by Gasteiger charge is 2.35. The van der Waals surface area contributed by atoms with Gasteiger partial charge in [0.1, 0.15) is 12.1 Å². The topological polar surface area (TPSA) is 71.6 Å². The first kappa shape index (κ1) is 20.4. The Labute approximate surface area is 177 Å². The summed E-state index contributed by atoms with van der Waals surface area (Å²) < 4.78 is 11.0. The molecule has 1 N–H and O–H groups in total. The molecule has 30 heavy (non-hydrogen) atoms. The van der Waals surface area contributed by atoms with Crippen molar-refractivity contribution in [3.63, 3.8) is 0 Å². The highest BCUT2D eigenvalue weighted by molar-refractivity contribution is 5.82. The third kappa shape index (κ3) is 4.33. The van der Waals surface area contributed by atoms with Gasteiger partial charge in [-0.3, -0.25) is 0 Å². The Morgan fingerprint density at radius 1 is 1.30 bits per heavy atom. The van der Waals surface area contributed by atoms with Gasteiger partial charge >= 0.3 is 0 Å². The molecule has 1 fully saturated rings. The molecule has 4 rings (SSSR count). The van der Waals surface area contributed by atoms with E-state index in [2.05, 4.69) is 21.4 Å². The van der Waals surface area contributed by atoms with Crippen molar-refractivity contribution in [3.05, 3.63) is 61.3 Å². The van der Waals surface area contributed by atoms with Crippen molar-refractivity contribution >= 4 is 16.8 Å². The molecule has 1 aromatic carbocycles. The summed E-state index contributed by atoms with van der Waals surface area (Å²) in [5.74, 6) is 1.66. The van der Waals surface area contributed by atoms with Crippen LogP contribution in [-0.2, 0) is 6.42 Å². The summed E-state index contributed by atoms with van der Waals surface area (Å²) in [7, 11) is 1.66. The number of anilines is 1. The number of rotatable bonds is 8. The van der Waals surface area contributed by atoms with Crippen LogP contribution in [0.25, 0.3) is 10.9 Å². The maximum Gasteiger partial charge on any atom is 0.195 e. The number of aliphatic hydroxyl groups is 1. The molecule has 1 aliphatic carbocycles. The number of hydrogen-bond acceptors (Lipinski definition) is 6. The highest BCUT2D eigenvalue weighted by atomic mass is 16.5. The molecule has 6 heteroatoms. The summed E-state index contributed by atoms with van der Waals surface area (Å²) >= 11 is 0. The lowest BCUT2D eigenvalue weighted by Gasteiger charge is -2.40. The second-order valence-electron chi connectivity index (χ2n) is 8.05. The molecule has 3 aromatic rings. The quantitative estimate of drug-likeness (QED) is 0.553. The summed E-state index contributed by atoms with van der Waals surface area (Å²) in [6, 6.07) is 10.1. The Kier molecular flexibility index (Phi) is 6.04. The molecule has 0 atom stereocenters. The molecule has 158 valence electrons. The van der Waals surface area contributed by atoms with Gasteiger partial charge in [0.15, 0.2) is 5.88 Å². The van der Waals surface area contributed by atoms with E-state index in [1.807, 2.05) is 36.4 Å². The van der Waals surface area contributed by atoms with Crippen LogP contribution in [0.4, 0.5) is 5.88 Å². The summed E-state index contributed by atoms with van der Waals surface area (Å²) in [4.78, 5) is 11.1. The number of hydrogen-bond donors (Lipinski definition) is 1. The fraction of sp³-hybridized carbons (Fsp3) is 0.417. The van der Waals surface area contributed by atoms with Gasteiger partial charge in [0.2, 0.25) is 0 Å². The van der Waals surface area contributed by atoms with Crippen LogP contribution in [0.3, 0.4) is 0 Å². The van der Waals surface area contributed by atoms with Crippen LogP contribution in [0.15, 0.2) is 60.0 Å². The number of benzene rings is 1. The highest BCUT2D eigenvalue weighted by Crippen LogP contribution is 2.36. The van der Waals surface area contributed by atoms with Crippen LogP contribution in [0.1, 0.15) is 37.8 Å². The van der Waals surface area contributed by atoms with Gasteiger partial charge < -0.3 is 19.2 Å². The van der Waals surface area contributed by atoms with Crippen molar-refractivity contribution in [2.45, 2.75) is 50.2 Å². The minimum absolute atomic E-state index is 0.346. The van der Waals surface area contributed by atoms with Crippen LogP contribution in [-0.4, -0.2) is 40.4 Å². The molecular formula is C24H29N3O3. The molecule has 6 nitrogen and oxygen atoms in total. The van der Waals surface area contributed by atoms with E-state index in [0.717, 1.165) is 60.5 Å². The number of aryl methyl sites for hydroxylation is 1. The van der Waals surface area contributed by atoms with E-state index >= 15 is 0 Å². The van der Waals surface area contributed by atoms with E-state index in [0.29, 0.717) is 18.9 Å². The predicted octanol–water partition coefficient (Wildman–Crippen LogP) is 4.53. The van der Waals surface area contributed by atoms with E-state index < -0.39 is 5.60 Å². The van der Waals surface area contributed by atoms with E-state index in [4.69, 9.17) is 9.15 Å². The number of fused-ring (bicyclic) bond motifs is 1. The molecule has 1 saturated carbocycles. The van der Waals surface area contributed by atoms with Crippen LogP contribution in [0.2, 0.25) is 0 Å². The molecule has 2 aromatic heterocycles. The van der Waals surface area contributed by atoms with Gasteiger partial charge in [-0.1, -0.05) is 6.08 Å². The molecule has 0 radical (unpaired) electrons. The van der Waals surface area contributed by atoms with Gasteiger partial charge in [0, 0.05) is 24.0 Å². The maximum absolute atomic E-state index is 11.2. The molecule has 0 unspecified atom stereocenters. The standard InChI is InChI=1S/C24H29N3O3/c1-3-14-27(23-5-4-15-30-23)18-8-11-24(28,12-9-18)13-10-22-20-16-19(29-2)6-7-21(20)25-17-26-22/h3-7,15-18,28H,1,8-14H2,2H3. The number of aromatic nitrogens is 2. The van der Waals surface area contributed by atoms with Crippen molar-refractivity contribution in [2.75, 3.05) is 18.6 Å². The summed E-state index contributed by atoms with van der Waals surface area (Å²) in [5, 5.41) is 12.2. The maximum atomic E-state index is 11.2. The Bertz CT molecular complexity index is 979. The Morgan fingerprint density at radius 2 is 2.13 bits per heavy atom. The fourth-order valence-corrected chi connectivity index (χ4v) is 4.46. The number of furan rings is 1. The smallest absolute Gasteiger partial charge is 0.195 e. The van der Waals surface area contributed by atoms with Gasteiger partial charge in [0.05, 0.1) is 30.2 Å². The largest absolute Gasteiger partial charge is 0.497 e. The monoisotopic (exact) mass is 407 g/mol. The molecule has 0 aliphatic heterocycles. The van der Waals surface area contributed by atoms with E-state index in [-0.39, 0.29) is 0 Å². The number of ether oxygens (including phenoxy) is 1. The summed E-state index contributed by atoms with van der Waals surface area (Å²) in [6.07, 6.45) is 9.96. The third-order valence-electron chi connectivity index (χ3n) is 6.19. The Hall–Kier alpha value is -2.86. The van der Waals surface area contributed by atoms with Crippen molar-refractivity contribution in [3.8, 4) is 5.75 Å². The minimum Gasteiger partial charge on any atom is -0.497 e. The summed E-state index contributed by atoms with van der Waals surface area (Å²) in [6.45, 7) is 4.62. The number of methoxy groups -OCH3 is 1. The first-order chi connectivity index (χ1) is 14.6. The van der Waals surface area contributed by atoms with Gasteiger partial charge in [-0.25, -0.2) is 9.97 Å². The Balaban J connectivity index is 1.42. The molecule has 0 amide bonds. The second-order valence-corrected chi connectivity index (χ2v) is 8.05. The van der Waals surface area contributed by atoms with Crippen LogP contribution < -0.4 is 9.64 Å². The van der Waals surface area contributed by atoms with Crippen molar-refractivity contribution in [1.82, 2.24) is 9.97 Å². The van der Waals surface area contributed by atoms with Crippen molar-refractivity contribution < 1.29 is 14.3 Å². The predicted molar refractivity (Wildman–Crippen MR) is 118 cm³/mol. The first-order valence-electron chi connectivity index (χ1n) is 10.5. The van der Waals surface area contributed by atoms with Gasteiger partial charge in [-0.05, 0) is 62.8 Å². The van der Waals surface area contributed by atoms with E-state index in [9.17, 15) is 5.11 Å². The molecule has 0 saturated heterocycles. The third-order valence-corrected chi connectivity index (χ3v) is 6.19. The van der Waals surface area contributed by atoms with Crippen LogP contribution in [0.5, 0.6) is 5.75 Å². The van der Waals surface area contributed by atoms with Crippen LogP contribution in [0, 0.1) is 0 Å². The normalized spacial score (nSPS) is 21.5. The molecule has 2 heterocycles. The van der Waals surface area contributed by atoms with E-state index in [1.54, 1.807) is 19.7 Å². The lowest BCUT2D eigenvalue weighted by Crippen LogP contribution is -2.44. The molecule has 1 aliphatic rings. The lowest BCUT2D eigenvalue weighted by atomic mass is 9.78. The van der Waals surface area contributed by atoms with Crippen molar-refractivity contribution in [1.29, 1.82) is 0 Å². The zero-order chi connectivity index (χ0) is 21.0. The second kappa shape index (κ2) is 8.88. The first-order valence-corrected chi connectivity index (χ1v) is 10.5. The lowest BCUT2D eigenvalue weighted by molar-refractivity contribution is -0.00838. The number of nitrogens with zero attached hydrogens (tertiary/aromatic N) is 3. The van der Waals surface area contributed by atoms with E-state index in [1.165, 1.54) is 0 Å². The van der Waals surface area contributed by atoms with Gasteiger partial charge in [0.25, 0.3) is 0 Å². The van der Waals surface area contributed by atoms with Gasteiger partial charge in [-0.2, -0.15) is 0 Å². The van der Waals surface area contributed by atoms with Gasteiger partial charge in [-0.15, -0.1) is 6.58 Å². The SMILES string of the molecule is C=CCN(c1ccco1)C1CCC(O)(CCc2ncnc3ccc(OC)cc23)CC1. The average molecular weight is 408 g/mol. The zero-order valence-electron chi connectivity index (χ0n) is 17.5. The summed E-state index contributed by atoms with van der Waals surface area (Å²) in [5.41, 5.74) is 1.18. The molecular weight excluding hydrogens is 378 g/mol. The zero-order valence-corrected chi connectivity index (χ0v) is 17.5. The molecule has 0 bridgehead atoms. The average Bonchev–Trinajstić information content (AvgIpc) is 3.31. The fourth-order valence-electron chi connectivity index (χ4n) is 4.46.